The quantitative estimate of drug-likeness (QED) is 0.0326. The summed E-state index contributed by atoms with van der Waals surface area (Å²) in [6.45, 7) is 38.7. The molecule has 3 heteroatoms. The third kappa shape index (κ3) is 147. The fourth-order valence-corrected chi connectivity index (χ4v) is 6.35. The molecule has 3 N–H and O–H groups in total. The van der Waals surface area contributed by atoms with Crippen LogP contribution in [0.25, 0.3) is 0 Å². The Hall–Kier alpha value is -3.24. The molecule has 0 aliphatic heterocycles. The number of allylic oxidation sites excluding steroid dienone is 22. The fourth-order valence-electron chi connectivity index (χ4n) is 6.35. The van der Waals surface area contributed by atoms with Gasteiger partial charge in [-0.25, -0.2) is 0 Å². The summed E-state index contributed by atoms with van der Waals surface area (Å²) in [5, 5.41) is 27.7. The van der Waals surface area contributed by atoms with Crippen molar-refractivity contribution in [3.8, 4) is 0 Å². The molecular weight excluding hydrogens is 997 g/mol. The lowest BCUT2D eigenvalue weighted by molar-refractivity contribution is 0.150. The summed E-state index contributed by atoms with van der Waals surface area (Å²) in [4.78, 5) is 0. The van der Waals surface area contributed by atoms with Crippen LogP contribution in [-0.2, 0) is 0 Å². The summed E-state index contributed by atoms with van der Waals surface area (Å²) >= 11 is 0. The van der Waals surface area contributed by atoms with Crippen LogP contribution in [0.3, 0.4) is 0 Å². The van der Waals surface area contributed by atoms with E-state index in [0.717, 1.165) is 109 Å². The van der Waals surface area contributed by atoms with Gasteiger partial charge in [0.25, 0.3) is 0 Å². The number of hydrogen-bond donors (Lipinski definition) is 3. The second-order valence-electron chi connectivity index (χ2n) is 20.3. The molecule has 0 bridgehead atoms. The lowest BCUT2D eigenvalue weighted by atomic mass is 10.1. The van der Waals surface area contributed by atoms with Crippen molar-refractivity contribution in [2.45, 2.75) is 361 Å². The van der Waals surface area contributed by atoms with Crippen molar-refractivity contribution >= 4 is 0 Å². The number of hydrogen-bond acceptors (Lipinski definition) is 3. The topological polar surface area (TPSA) is 60.7 Å². The number of unbranched alkanes of at least 4 members (excludes halogenated alkanes) is 11. The van der Waals surface area contributed by atoms with Crippen LogP contribution in [0.4, 0.5) is 0 Å². The summed E-state index contributed by atoms with van der Waals surface area (Å²) in [5.41, 5.74) is 0. The maximum Gasteiger partial charge on any atom is 0.0720 e. The van der Waals surface area contributed by atoms with E-state index in [2.05, 4.69) is 251 Å². The normalized spacial score (nSPS) is 17.6. The van der Waals surface area contributed by atoms with Crippen LogP contribution in [0.5, 0.6) is 0 Å². The van der Waals surface area contributed by atoms with Crippen molar-refractivity contribution < 1.29 is 183 Å². The zero-order chi connectivity index (χ0) is 170. The molecule has 82 heavy (non-hydrogen) atoms. The van der Waals surface area contributed by atoms with Crippen LogP contribution in [0.1, 0.15) is 510 Å². The maximum atomic E-state index is 9.28. The first-order valence-corrected chi connectivity index (χ1v) is 34.8. The van der Waals surface area contributed by atoms with Crippen molar-refractivity contribution in [2.24, 2.45) is 0 Å². The standard InChI is InChI=1S/C9H20O.2C9H18O.2C9H18.2C9H16.2C8H14.60H2/c3*1-3-5-6-8-9(10)7-4-2;4*1-3-5-7-9-8-6-4-2;2*1-3-5-7-8-6-4-2;;;;;;;;;;;;;;;;;;;;;;;;;;;;;;;;;;;;;;;;;;;;;;;;;;;;;;;;;;;;/h9-10H,3-8H2,1-2H3;6,8-10H,3-5,7H2,1-2H3;5-6,9-10H,3-4,7-8H2,1-2H3;7,9H,3-6,8H2,1-2H3;5,7H,3-4,6,8-9H2,1-2H3;5,7-9H,3-4,6H2,1-2H3;5-8H,3-4,9H2,1-2H3;5-8H,3-4H2,1-2H3;3,5,7-8H,4,6H2,1-2H3;60*1H/b;8-6+;6-5-;9-7+;7-5-;7-5-,9-8+;7-5-,8-6-;7-5-,8-6+;5-3+,8-7+;;;;;;;;;;;;;;;;;;;;;;;;;;;;;;;;;;;;;;;;;;;;;;;;;;;;;;;;;;;;/i;;;;;;;;;53*1+1D;7*1+1. The van der Waals surface area contributed by atoms with Gasteiger partial charge in [0.15, 0.2) is 0 Å². The first-order valence-electron chi connectivity index (χ1n) is 87.8. The molecule has 3 nitrogen and oxygen atoms in total. The molecule has 0 aromatic rings. The molecule has 0 amide bonds. The van der Waals surface area contributed by atoms with Crippen molar-refractivity contribution in [2.75, 3.05) is 0 Å². The Morgan fingerprint density at radius 3 is 1.06 bits per heavy atom. The van der Waals surface area contributed by atoms with Gasteiger partial charge in [0, 0.05) is 167 Å². The van der Waals surface area contributed by atoms with Gasteiger partial charge >= 0.3 is 0 Å². The van der Waals surface area contributed by atoms with Crippen LogP contribution in [0.15, 0.2) is 146 Å². The highest BCUT2D eigenvalue weighted by Crippen LogP contribution is 2.08. The van der Waals surface area contributed by atoms with E-state index in [0.29, 0.717) is 0 Å². The number of aliphatic hydroxyl groups is 3. The lowest BCUT2D eigenvalue weighted by Gasteiger charge is -2.07. The van der Waals surface area contributed by atoms with Crippen molar-refractivity contribution in [3.05, 3.63) is 146 Å². The van der Waals surface area contributed by atoms with E-state index in [9.17, 15) is 15.3 Å². The molecule has 0 saturated heterocycles. The lowest BCUT2D eigenvalue weighted by Crippen LogP contribution is -2.04. The van der Waals surface area contributed by atoms with Gasteiger partial charge in [-0.3, -0.25) is 0 Å². The van der Waals surface area contributed by atoms with Crippen molar-refractivity contribution in [1.29, 1.82) is 0 Å². The van der Waals surface area contributed by atoms with Gasteiger partial charge in [-0.2, -0.15) is 0 Å². The van der Waals surface area contributed by atoms with E-state index in [-0.39, 0.29) is 28.3 Å². The van der Waals surface area contributed by atoms with Gasteiger partial charge < -0.3 is 15.3 Å². The molecule has 0 fully saturated rings. The Bertz CT molecular complexity index is 1520. The Kier molecular flexibility index (Phi) is 43.4. The minimum atomic E-state index is -0.212. The summed E-state index contributed by atoms with van der Waals surface area (Å²) in [5.74, 6) is 0. The maximum absolute atomic E-state index is 9.28. The smallest absolute Gasteiger partial charge is 0.0720 e. The second-order valence-corrected chi connectivity index (χ2v) is 20.3. The Labute approximate surface area is 693 Å². The average molecular weight is 1380 g/mol. The van der Waals surface area contributed by atoms with Crippen LogP contribution in [0, 0.1) is 0 Å². The van der Waals surface area contributed by atoms with Gasteiger partial charge in [0.1, 0.15) is 0 Å². The highest BCUT2D eigenvalue weighted by molar-refractivity contribution is 5.02. The highest BCUT2D eigenvalue weighted by Gasteiger charge is 2.00. The minimum absolute atomic E-state index is 0. The molecule has 3 atom stereocenters. The largest absolute Gasteiger partial charge is 0.393 e. The van der Waals surface area contributed by atoms with Gasteiger partial charge in [0.2, 0.25) is 0 Å². The molecule has 0 aromatic carbocycles. The first-order chi connectivity index (χ1) is 92.9. The van der Waals surface area contributed by atoms with Crippen LogP contribution < -0.4 is 0 Å². The molecule has 3 unspecified atom stereocenters. The summed E-state index contributed by atoms with van der Waals surface area (Å²) < 4.78 is 530. The number of aliphatic hydroxyl groups excluding tert-OH is 3. The van der Waals surface area contributed by atoms with Crippen molar-refractivity contribution in [3.63, 3.8) is 0 Å². The molecule has 0 spiro atoms. The zero-order valence-corrected chi connectivity index (χ0v) is 59.0. The average Bonchev–Trinajstić information content (AvgIpc) is 1.08. The Morgan fingerprint density at radius 1 is 0.280 bits per heavy atom. The van der Waals surface area contributed by atoms with Gasteiger partial charge in [-0.05, 0) is 135 Å². The fraction of sp³-hybridized carbons (Fsp3) is 0.696. The highest BCUT2D eigenvalue weighted by atomic mass is 16.3. The van der Waals surface area contributed by atoms with Gasteiger partial charge in [0.05, 0.1) is 18.3 Å². The Morgan fingerprint density at radius 2 is 0.634 bits per heavy atom. The van der Waals surface area contributed by atoms with E-state index in [4.69, 9.17) is 157 Å². The molecule has 0 aliphatic rings. The molecule has 0 aromatic heterocycles. The van der Waals surface area contributed by atoms with E-state index in [1.54, 1.807) is 0 Å². The molecule has 0 rings (SSSR count). The zero-order valence-electron chi connectivity index (χ0n) is 165. The third-order valence-electron chi connectivity index (χ3n) is 11.2. The summed E-state index contributed by atoms with van der Waals surface area (Å²) in [6.07, 6.45) is 90.6. The van der Waals surface area contributed by atoms with Crippen molar-refractivity contribution in [1.82, 2.24) is 0 Å². The van der Waals surface area contributed by atoms with Crippen LogP contribution in [0.2, 0.25) is 0 Å². The molecule has 606 valence electrons. The van der Waals surface area contributed by atoms with Crippen LogP contribution in [-0.4, -0.2) is 33.6 Å². The predicted octanol–water partition coefficient (Wildman–Crippen LogP) is 42.0. The SMILES string of the molecule is C/C=C/C=C/CCC.CC/C=C\C/C=C\CC.CC/C=C\C=C\CC.CC/C=C\C=C\CCC.CC/C=C\CC(O)CCC.CC/C=C\CCCCC.CCC/C=C/C(O)CCC.CCC/C=C/CCCC.CCCCCC(O)CCC.[2HH].[2HH].[2HH].[2HH].[2HH].[2HH].[2HH].[2H][2H].[2H][2H].[2H][2H].[2H][2H].[2H][2H].[2H][2H].[2H][2H].[2H][2H].[2H][2H].[2H][2H].[2H][2H].[2H][2H].[2H][2H].[2H][2H].[2H][2H].[2H][2H].[2H][2H].[2H][2H].[2H][2H].[2H][2H].[2H][2H].[2H][2H].[2H][2H].[2H][2H].[2H][2H].[2H][2H].[2H][2H].[2H][2H].[2H][2H].[2H][2H].[2H][2H].[2H][2H].[2H][2H].[2H][2H].[2H][2H].[2H][2H].[2H][2H].[2H][2H].[2H][2H].[2H][2H].[2H][2H].[2H][2H].[2H][2H].[2H][2H].[2H][2H].[2H][2H].[2H][2H].[2H][2H].[2H][2H].[2H][2H].[2H][2H].[2H][2H].[2H][2H]. The third-order valence-corrected chi connectivity index (χ3v) is 11.2. The molecule has 0 heterocycles. The molecular formula is C79H272O3. The first kappa shape index (κ1) is 31.6. The van der Waals surface area contributed by atoms with Crippen LogP contribution >= 0.6 is 0 Å². The second kappa shape index (κ2) is 113. The molecule has 0 aliphatic carbocycles. The predicted molar refractivity (Wildman–Crippen MR) is 514 cm³/mol. The monoisotopic (exact) mass is 1380 g/mol. The number of rotatable bonds is 40. The van der Waals surface area contributed by atoms with E-state index in [1.165, 1.54) is 109 Å². The molecule has 0 saturated carbocycles. The van der Waals surface area contributed by atoms with Gasteiger partial charge in [-0.15, -0.1) is 0 Å². The summed E-state index contributed by atoms with van der Waals surface area (Å²) in [7, 11) is 0. The molecule has 0 radical (unpaired) electrons. The Balaban J connectivity index is -0.0000000126. The van der Waals surface area contributed by atoms with Gasteiger partial charge in [-0.1, -0.05) is 353 Å². The van der Waals surface area contributed by atoms with E-state index >= 15 is 0 Å². The summed E-state index contributed by atoms with van der Waals surface area (Å²) in [6, 6.07) is 0. The minimum Gasteiger partial charge on any atom is -0.393 e. The van der Waals surface area contributed by atoms with E-state index < -0.39 is 0 Å². The van der Waals surface area contributed by atoms with E-state index in [1.807, 2.05) is 19.1 Å².